The van der Waals surface area contributed by atoms with Gasteiger partial charge in [-0.15, -0.1) is 0 Å². The minimum absolute atomic E-state index is 0.0823. The van der Waals surface area contributed by atoms with Crippen molar-refractivity contribution in [3.8, 4) is 11.5 Å². The number of carbonyl (C=O) groups is 1. The van der Waals surface area contributed by atoms with Gasteiger partial charge in [-0.25, -0.2) is 4.79 Å². The first-order valence-electron chi connectivity index (χ1n) is 10.9. The molecule has 0 aromatic heterocycles. The zero-order valence-corrected chi connectivity index (χ0v) is 20.5. The molecular weight excluding hydrogens is 452 g/mol. The summed E-state index contributed by atoms with van der Waals surface area (Å²) in [6.45, 7) is 2.78. The van der Waals surface area contributed by atoms with E-state index in [1.165, 1.54) is 14.2 Å². The number of allylic oxidation sites excluding steroid dienone is 1. The van der Waals surface area contributed by atoms with Crippen molar-refractivity contribution < 1.29 is 41.4 Å². The highest BCUT2D eigenvalue weighted by Gasteiger charge is 2.35. The molecule has 1 fully saturated rings. The summed E-state index contributed by atoms with van der Waals surface area (Å²) in [4.78, 5) is 11.7. The molecule has 1 heterocycles. The highest BCUT2D eigenvalue weighted by Crippen LogP contribution is 2.33. The molecule has 0 spiro atoms. The van der Waals surface area contributed by atoms with Crippen LogP contribution < -0.4 is 9.47 Å². The Kier molecular flexibility index (Phi) is 10.2. The van der Waals surface area contributed by atoms with Crippen LogP contribution in [-0.4, -0.2) is 65.1 Å². The van der Waals surface area contributed by atoms with E-state index in [1.54, 1.807) is 25.1 Å². The van der Waals surface area contributed by atoms with Gasteiger partial charge in [-0.2, -0.15) is 8.42 Å². The number of carboxylic acid groups (broad SMARTS) is 1. The molecule has 1 saturated heterocycles. The van der Waals surface area contributed by atoms with Gasteiger partial charge in [-0.3, -0.25) is 4.18 Å². The Morgan fingerprint density at radius 3 is 2.42 bits per heavy atom. The van der Waals surface area contributed by atoms with E-state index in [2.05, 4.69) is 0 Å². The molecule has 33 heavy (non-hydrogen) atoms. The fourth-order valence-corrected chi connectivity index (χ4v) is 4.56. The van der Waals surface area contributed by atoms with Crippen molar-refractivity contribution in [3.05, 3.63) is 29.3 Å². The summed E-state index contributed by atoms with van der Waals surface area (Å²) in [5.74, 6) is -1.00. The van der Waals surface area contributed by atoms with Crippen molar-refractivity contribution in [2.24, 2.45) is 0 Å². The highest BCUT2D eigenvalue weighted by molar-refractivity contribution is 7.86. The van der Waals surface area contributed by atoms with Crippen LogP contribution in [0.3, 0.4) is 0 Å². The van der Waals surface area contributed by atoms with Gasteiger partial charge in [0.15, 0.2) is 5.79 Å². The summed E-state index contributed by atoms with van der Waals surface area (Å²) in [5, 5.41) is 9.58. The zero-order valence-electron chi connectivity index (χ0n) is 19.7. The third-order valence-corrected chi connectivity index (χ3v) is 6.00. The summed E-state index contributed by atoms with van der Waals surface area (Å²) < 4.78 is 49.7. The fourth-order valence-electron chi connectivity index (χ4n) is 3.87. The molecule has 9 nitrogen and oxygen atoms in total. The number of rotatable bonds is 14. The van der Waals surface area contributed by atoms with Crippen LogP contribution >= 0.6 is 0 Å². The Balaban J connectivity index is 1.93. The lowest BCUT2D eigenvalue weighted by Gasteiger charge is -2.27. The second-order valence-electron chi connectivity index (χ2n) is 8.00. The highest BCUT2D eigenvalue weighted by atomic mass is 32.2. The molecule has 10 heteroatoms. The van der Waals surface area contributed by atoms with Crippen molar-refractivity contribution in [3.63, 3.8) is 0 Å². The largest absolute Gasteiger partial charge is 0.497 e. The second-order valence-corrected chi connectivity index (χ2v) is 9.61. The first-order valence-corrected chi connectivity index (χ1v) is 12.7. The molecule has 1 aliphatic rings. The van der Waals surface area contributed by atoms with Crippen LogP contribution in [0.25, 0.3) is 6.08 Å². The summed E-state index contributed by atoms with van der Waals surface area (Å²) in [6, 6.07) is 3.20. The molecule has 1 aliphatic heterocycles. The average molecular weight is 487 g/mol. The topological polar surface area (TPSA) is 118 Å². The van der Waals surface area contributed by atoms with Crippen LogP contribution in [-0.2, 0) is 23.8 Å². The molecule has 2 rings (SSSR count). The van der Waals surface area contributed by atoms with E-state index >= 15 is 0 Å². The van der Waals surface area contributed by atoms with Crippen molar-refractivity contribution in [1.29, 1.82) is 0 Å². The molecule has 1 N–H and O–H groups in total. The summed E-state index contributed by atoms with van der Waals surface area (Å²) in [7, 11) is -0.539. The number of unbranched alkanes of at least 4 members (excludes halogenated alkanes) is 1. The summed E-state index contributed by atoms with van der Waals surface area (Å²) in [6.07, 6.45) is 8.38. The smallest absolute Gasteiger partial charge is 0.340 e. The van der Waals surface area contributed by atoms with Gasteiger partial charge in [-0.1, -0.05) is 12.2 Å². The van der Waals surface area contributed by atoms with Gasteiger partial charge < -0.3 is 24.1 Å². The number of hydrogen-bond donors (Lipinski definition) is 1. The Bertz CT molecular complexity index is 918. The Hall–Kier alpha value is -2.14. The van der Waals surface area contributed by atoms with Gasteiger partial charge in [-0.05, 0) is 44.2 Å². The van der Waals surface area contributed by atoms with Gasteiger partial charge in [0.25, 0.3) is 10.1 Å². The maximum atomic E-state index is 11.7. The third-order valence-electron chi connectivity index (χ3n) is 5.32. The Morgan fingerprint density at radius 2 is 1.85 bits per heavy atom. The number of ether oxygens (including phenoxy) is 4. The SMILES string of the molecule is COc1cc(/C=C/CCCC2(CCCC(C)OS(C)(=O)=O)OCCO2)c(C(=O)O)c(OC)c1. The lowest BCUT2D eigenvalue weighted by Crippen LogP contribution is -2.30. The van der Waals surface area contributed by atoms with Gasteiger partial charge >= 0.3 is 5.97 Å². The molecule has 1 aromatic carbocycles. The quantitative estimate of drug-likeness (QED) is 0.309. The average Bonchev–Trinajstić information content (AvgIpc) is 3.20. The fraction of sp³-hybridized carbons (Fsp3) is 0.609. The van der Waals surface area contributed by atoms with E-state index in [0.717, 1.165) is 12.7 Å². The Morgan fingerprint density at radius 1 is 1.18 bits per heavy atom. The summed E-state index contributed by atoms with van der Waals surface area (Å²) in [5.41, 5.74) is 0.584. The molecule has 0 aliphatic carbocycles. The summed E-state index contributed by atoms with van der Waals surface area (Å²) >= 11 is 0. The molecule has 0 bridgehead atoms. The van der Waals surface area contributed by atoms with Crippen LogP contribution in [0.15, 0.2) is 18.2 Å². The van der Waals surface area contributed by atoms with Crippen molar-refractivity contribution in [2.75, 3.05) is 33.7 Å². The normalized spacial score (nSPS) is 16.7. The number of methoxy groups -OCH3 is 2. The zero-order chi connectivity index (χ0) is 24.5. The first kappa shape index (κ1) is 27.1. The molecule has 1 aromatic rings. The lowest BCUT2D eigenvalue weighted by atomic mass is 10.00. The molecule has 1 atom stereocenters. The van der Waals surface area contributed by atoms with Gasteiger partial charge in [0.2, 0.25) is 0 Å². The monoisotopic (exact) mass is 486 g/mol. The van der Waals surface area contributed by atoms with E-state index in [0.29, 0.717) is 56.6 Å². The van der Waals surface area contributed by atoms with Crippen molar-refractivity contribution in [2.45, 2.75) is 57.3 Å². The molecule has 0 saturated carbocycles. The van der Waals surface area contributed by atoms with Gasteiger partial charge in [0.1, 0.15) is 17.1 Å². The van der Waals surface area contributed by atoms with Crippen LogP contribution in [0.1, 0.15) is 61.4 Å². The Labute approximate surface area is 195 Å². The maximum Gasteiger partial charge on any atom is 0.340 e. The molecule has 1 unspecified atom stereocenters. The molecule has 0 amide bonds. The van der Waals surface area contributed by atoms with Crippen LogP contribution in [0.4, 0.5) is 0 Å². The van der Waals surface area contributed by atoms with Gasteiger partial charge in [0, 0.05) is 18.9 Å². The van der Waals surface area contributed by atoms with E-state index in [9.17, 15) is 18.3 Å². The van der Waals surface area contributed by atoms with Crippen molar-refractivity contribution >= 4 is 22.2 Å². The van der Waals surface area contributed by atoms with Crippen LogP contribution in [0.2, 0.25) is 0 Å². The van der Waals surface area contributed by atoms with Gasteiger partial charge in [0.05, 0.1) is 39.8 Å². The lowest BCUT2D eigenvalue weighted by molar-refractivity contribution is -0.168. The second kappa shape index (κ2) is 12.4. The number of aromatic carboxylic acids is 1. The molecule has 0 radical (unpaired) electrons. The number of benzene rings is 1. The van der Waals surface area contributed by atoms with Crippen molar-refractivity contribution in [1.82, 2.24) is 0 Å². The number of carboxylic acids is 1. The van der Waals surface area contributed by atoms with E-state index in [-0.39, 0.29) is 11.3 Å². The van der Waals surface area contributed by atoms with E-state index in [1.807, 2.05) is 6.08 Å². The predicted octanol–water partition coefficient (Wildman–Crippen LogP) is 3.86. The van der Waals surface area contributed by atoms with Crippen LogP contribution in [0.5, 0.6) is 11.5 Å². The molecular formula is C23H34O9S. The minimum Gasteiger partial charge on any atom is -0.497 e. The maximum absolute atomic E-state index is 11.7. The van der Waals surface area contributed by atoms with E-state index < -0.39 is 28.0 Å². The predicted molar refractivity (Wildman–Crippen MR) is 123 cm³/mol. The minimum atomic E-state index is -3.47. The standard InChI is InChI=1S/C23H34O9S/c1-17(32-33(4,26)27)9-8-12-23(30-13-14-31-23)11-7-5-6-10-18-15-19(28-2)16-20(29-3)21(18)22(24)25/h6,10,15-17H,5,7-9,11-14H2,1-4H3,(H,24,25)/b10-6+. The number of hydrogen-bond acceptors (Lipinski definition) is 8. The van der Waals surface area contributed by atoms with Crippen LogP contribution in [0, 0.1) is 0 Å². The van der Waals surface area contributed by atoms with E-state index in [4.69, 9.17) is 23.1 Å². The first-order chi connectivity index (χ1) is 15.6. The molecule has 186 valence electrons. The third kappa shape index (κ3) is 8.62.